The lowest BCUT2D eigenvalue weighted by molar-refractivity contribution is 0.404. The quantitative estimate of drug-likeness (QED) is 0.473. The van der Waals surface area contributed by atoms with Crippen molar-refractivity contribution in [3.63, 3.8) is 0 Å². The molecular formula is C23H18FN5O2. The fourth-order valence-corrected chi connectivity index (χ4v) is 3.99. The number of hydrogen-bond donors (Lipinski definition) is 1. The molecule has 0 fully saturated rings. The third-order valence-electron chi connectivity index (χ3n) is 5.42. The maximum Gasteiger partial charge on any atom is 0.343 e. The number of benzene rings is 2. The fourth-order valence-electron chi connectivity index (χ4n) is 3.99. The Morgan fingerprint density at radius 2 is 1.87 bits per heavy atom. The first kappa shape index (κ1) is 18.9. The van der Waals surface area contributed by atoms with Crippen LogP contribution in [0.1, 0.15) is 24.4 Å². The SMILES string of the molecule is Cc1nn(C(C)c2oc(=O)c3ccc(F)cc3c2-c2ccccc2)c2ncnc(N)c12. The second-order valence-electron chi connectivity index (χ2n) is 7.35. The summed E-state index contributed by atoms with van der Waals surface area (Å²) in [6.07, 6.45) is 1.37. The van der Waals surface area contributed by atoms with E-state index in [9.17, 15) is 9.18 Å². The van der Waals surface area contributed by atoms with Gasteiger partial charge in [-0.05, 0) is 37.6 Å². The highest BCUT2D eigenvalue weighted by Gasteiger charge is 2.25. The largest absolute Gasteiger partial charge is 0.424 e. The molecule has 0 aliphatic heterocycles. The Bertz CT molecular complexity index is 1510. The van der Waals surface area contributed by atoms with E-state index in [1.54, 1.807) is 4.68 Å². The Morgan fingerprint density at radius 1 is 1.10 bits per heavy atom. The maximum atomic E-state index is 14.2. The van der Waals surface area contributed by atoms with Crippen molar-refractivity contribution in [2.45, 2.75) is 19.9 Å². The molecule has 2 aromatic carbocycles. The number of nitrogens with two attached hydrogens (primary N) is 1. The van der Waals surface area contributed by atoms with Crippen molar-refractivity contribution in [1.29, 1.82) is 0 Å². The summed E-state index contributed by atoms with van der Waals surface area (Å²) in [5, 5.41) is 6.02. The van der Waals surface area contributed by atoms with Gasteiger partial charge in [0.05, 0.1) is 16.5 Å². The summed E-state index contributed by atoms with van der Waals surface area (Å²) in [7, 11) is 0. The molecule has 5 aromatic rings. The van der Waals surface area contributed by atoms with Gasteiger partial charge in [-0.2, -0.15) is 5.10 Å². The topological polar surface area (TPSA) is 99.8 Å². The molecule has 1 atom stereocenters. The summed E-state index contributed by atoms with van der Waals surface area (Å²) in [4.78, 5) is 21.2. The van der Waals surface area contributed by atoms with Gasteiger partial charge in [-0.3, -0.25) is 0 Å². The summed E-state index contributed by atoms with van der Waals surface area (Å²) in [5.74, 6) is 0.247. The summed E-state index contributed by atoms with van der Waals surface area (Å²) in [5.41, 5.74) is 8.10. The monoisotopic (exact) mass is 415 g/mol. The van der Waals surface area contributed by atoms with Crippen molar-refractivity contribution in [3.05, 3.63) is 82.5 Å². The van der Waals surface area contributed by atoms with E-state index in [1.807, 2.05) is 44.2 Å². The van der Waals surface area contributed by atoms with Crippen LogP contribution in [0.4, 0.5) is 10.2 Å². The van der Waals surface area contributed by atoms with E-state index in [1.165, 1.54) is 24.5 Å². The van der Waals surface area contributed by atoms with E-state index >= 15 is 0 Å². The van der Waals surface area contributed by atoms with Crippen molar-refractivity contribution >= 4 is 27.6 Å². The number of aromatic nitrogens is 4. The minimum atomic E-state index is -0.543. The molecule has 1 unspecified atom stereocenters. The number of anilines is 1. The van der Waals surface area contributed by atoms with Gasteiger partial charge in [0, 0.05) is 10.9 Å². The van der Waals surface area contributed by atoms with Gasteiger partial charge in [0.1, 0.15) is 29.8 Å². The van der Waals surface area contributed by atoms with Gasteiger partial charge in [0.25, 0.3) is 0 Å². The molecule has 5 rings (SSSR count). The Balaban J connectivity index is 1.85. The molecule has 31 heavy (non-hydrogen) atoms. The average molecular weight is 415 g/mol. The standard InChI is InChI=1S/C23H18FN5O2/c1-12-18-21(25)26-11-27-22(18)29(28-12)13(2)20-19(14-6-4-3-5-7-14)17-10-15(24)8-9-16(17)23(30)31-20/h3-11,13H,1-2H3,(H2,25,26,27). The van der Waals surface area contributed by atoms with Gasteiger partial charge in [-0.1, -0.05) is 30.3 Å². The first-order valence-electron chi connectivity index (χ1n) is 9.72. The summed E-state index contributed by atoms with van der Waals surface area (Å²) >= 11 is 0. The highest BCUT2D eigenvalue weighted by atomic mass is 19.1. The third-order valence-corrected chi connectivity index (χ3v) is 5.42. The zero-order valence-corrected chi connectivity index (χ0v) is 16.8. The van der Waals surface area contributed by atoms with Crippen molar-refractivity contribution in [1.82, 2.24) is 19.7 Å². The Kier molecular flexibility index (Phi) is 4.28. The Hall–Kier alpha value is -4.07. The Labute approximate surface area is 176 Å². The minimum absolute atomic E-state index is 0.310. The molecule has 0 aliphatic carbocycles. The molecule has 0 amide bonds. The molecule has 0 radical (unpaired) electrons. The van der Waals surface area contributed by atoms with Crippen LogP contribution in [0.5, 0.6) is 0 Å². The molecule has 154 valence electrons. The molecular weight excluding hydrogens is 397 g/mol. The molecule has 7 nitrogen and oxygen atoms in total. The molecule has 0 spiro atoms. The van der Waals surface area contributed by atoms with Crippen molar-refractivity contribution in [2.24, 2.45) is 0 Å². The second kappa shape index (κ2) is 7.02. The fraction of sp³-hybridized carbons (Fsp3) is 0.130. The van der Waals surface area contributed by atoms with E-state index in [-0.39, 0.29) is 0 Å². The molecule has 0 saturated heterocycles. The van der Waals surface area contributed by atoms with Crippen LogP contribution in [0, 0.1) is 12.7 Å². The normalized spacial score (nSPS) is 12.5. The molecule has 0 aliphatic rings. The van der Waals surface area contributed by atoms with Crippen molar-refractivity contribution in [2.75, 3.05) is 5.73 Å². The number of nitrogen functional groups attached to an aromatic ring is 1. The van der Waals surface area contributed by atoms with Crippen LogP contribution in [0.25, 0.3) is 32.9 Å². The highest BCUT2D eigenvalue weighted by molar-refractivity contribution is 5.97. The number of fused-ring (bicyclic) bond motifs is 2. The summed E-state index contributed by atoms with van der Waals surface area (Å²) in [6.45, 7) is 3.66. The van der Waals surface area contributed by atoms with E-state index in [0.717, 1.165) is 5.56 Å². The molecule has 8 heteroatoms. The van der Waals surface area contributed by atoms with Crippen LogP contribution in [0.2, 0.25) is 0 Å². The zero-order chi connectivity index (χ0) is 21.7. The van der Waals surface area contributed by atoms with Crippen LogP contribution in [-0.2, 0) is 0 Å². The molecule has 2 N–H and O–H groups in total. The minimum Gasteiger partial charge on any atom is -0.424 e. The highest BCUT2D eigenvalue weighted by Crippen LogP contribution is 2.36. The third kappa shape index (κ3) is 2.95. The van der Waals surface area contributed by atoms with Crippen LogP contribution in [0.3, 0.4) is 0 Å². The first-order valence-corrected chi connectivity index (χ1v) is 9.72. The van der Waals surface area contributed by atoms with Crippen LogP contribution in [0.15, 0.2) is 64.1 Å². The lowest BCUT2D eigenvalue weighted by atomic mass is 9.96. The van der Waals surface area contributed by atoms with E-state index in [4.69, 9.17) is 10.2 Å². The van der Waals surface area contributed by atoms with Crippen LogP contribution < -0.4 is 11.4 Å². The van der Waals surface area contributed by atoms with Gasteiger partial charge >= 0.3 is 5.63 Å². The predicted molar refractivity (Wildman–Crippen MR) is 116 cm³/mol. The van der Waals surface area contributed by atoms with Gasteiger partial charge in [0.15, 0.2) is 5.65 Å². The lowest BCUT2D eigenvalue weighted by Crippen LogP contribution is -2.14. The van der Waals surface area contributed by atoms with Crippen LogP contribution in [-0.4, -0.2) is 19.7 Å². The predicted octanol–water partition coefficient (Wildman–Crippen LogP) is 4.24. The average Bonchev–Trinajstić information content (AvgIpc) is 3.11. The summed E-state index contributed by atoms with van der Waals surface area (Å²) < 4.78 is 21.7. The number of halogens is 1. The van der Waals surface area contributed by atoms with Crippen LogP contribution >= 0.6 is 0 Å². The smallest absolute Gasteiger partial charge is 0.343 e. The van der Waals surface area contributed by atoms with Gasteiger partial charge < -0.3 is 10.2 Å². The van der Waals surface area contributed by atoms with Gasteiger partial charge in [-0.25, -0.2) is 23.8 Å². The number of rotatable bonds is 3. The van der Waals surface area contributed by atoms with E-state index in [2.05, 4.69) is 15.1 Å². The number of hydrogen-bond acceptors (Lipinski definition) is 6. The molecule has 3 heterocycles. The van der Waals surface area contributed by atoms with E-state index < -0.39 is 17.5 Å². The lowest BCUT2D eigenvalue weighted by Gasteiger charge is -2.18. The Morgan fingerprint density at radius 3 is 2.65 bits per heavy atom. The maximum absolute atomic E-state index is 14.2. The second-order valence-corrected chi connectivity index (χ2v) is 7.35. The van der Waals surface area contributed by atoms with Gasteiger partial charge in [0.2, 0.25) is 0 Å². The molecule has 3 aromatic heterocycles. The molecule has 0 saturated carbocycles. The van der Waals surface area contributed by atoms with Gasteiger partial charge in [-0.15, -0.1) is 0 Å². The van der Waals surface area contributed by atoms with E-state index in [0.29, 0.717) is 44.6 Å². The first-order chi connectivity index (χ1) is 15.0. The number of aryl methyl sites for hydroxylation is 1. The summed E-state index contributed by atoms with van der Waals surface area (Å²) in [6, 6.07) is 12.9. The molecule has 0 bridgehead atoms. The number of nitrogens with zero attached hydrogens (tertiary/aromatic N) is 4. The van der Waals surface area contributed by atoms with Crippen molar-refractivity contribution in [3.8, 4) is 11.1 Å². The van der Waals surface area contributed by atoms with Crippen molar-refractivity contribution < 1.29 is 8.81 Å². The zero-order valence-electron chi connectivity index (χ0n) is 16.8.